The number of nitrogens with one attached hydrogen (secondary N) is 1. The maximum atomic E-state index is 12.9. The highest BCUT2D eigenvalue weighted by Gasteiger charge is 2.30. The number of hydrogen-bond donors (Lipinski definition) is 1. The molecule has 0 radical (unpaired) electrons. The van der Waals surface area contributed by atoms with Crippen LogP contribution in [0.5, 0.6) is 5.75 Å². The second kappa shape index (κ2) is 14.4. The highest BCUT2D eigenvalue weighted by atomic mass is 35.5. The fourth-order valence-corrected chi connectivity index (χ4v) is 6.10. The third kappa shape index (κ3) is 9.26. The molecule has 0 saturated carbocycles. The summed E-state index contributed by atoms with van der Waals surface area (Å²) in [6, 6.07) is 24.5. The van der Waals surface area contributed by atoms with Gasteiger partial charge in [-0.15, -0.1) is 0 Å². The molecule has 1 heterocycles. The Hall–Kier alpha value is -2.53. The Bertz CT molecular complexity index is 1240. The van der Waals surface area contributed by atoms with Crippen LogP contribution < -0.4 is 10.1 Å². The van der Waals surface area contributed by atoms with Gasteiger partial charge in [-0.3, -0.25) is 4.79 Å². The average Bonchev–Trinajstić information content (AvgIpc) is 2.92. The summed E-state index contributed by atoms with van der Waals surface area (Å²) in [4.78, 5) is 12.9. The number of carbonyl (C=O) groups is 1. The fraction of sp³-hybridized carbons (Fsp3) is 0.441. The van der Waals surface area contributed by atoms with Crippen molar-refractivity contribution in [2.75, 3.05) is 26.7 Å². The summed E-state index contributed by atoms with van der Waals surface area (Å²) in [5, 5.41) is 4.31. The Labute approximate surface area is 250 Å². The highest BCUT2D eigenvalue weighted by molar-refractivity contribution is 6.42. The zero-order chi connectivity index (χ0) is 28.5. The molecular weight excluding hydrogens is 539 g/mol. The van der Waals surface area contributed by atoms with E-state index in [1.165, 1.54) is 31.5 Å². The van der Waals surface area contributed by atoms with E-state index in [0.29, 0.717) is 28.9 Å². The van der Waals surface area contributed by atoms with E-state index in [0.717, 1.165) is 40.7 Å². The number of nitrogens with zero attached hydrogens (tertiary/aromatic N) is 1. The van der Waals surface area contributed by atoms with Crippen LogP contribution in [0.25, 0.3) is 0 Å². The first-order chi connectivity index (χ1) is 19.2. The molecule has 1 N–H and O–H groups in total. The van der Waals surface area contributed by atoms with Crippen molar-refractivity contribution in [1.82, 2.24) is 5.32 Å². The quantitative estimate of drug-likeness (QED) is 0.220. The number of quaternary nitrogens is 1. The molecule has 3 aromatic carbocycles. The van der Waals surface area contributed by atoms with Gasteiger partial charge in [0.1, 0.15) is 12.3 Å². The first-order valence-corrected chi connectivity index (χ1v) is 15.3. The van der Waals surface area contributed by atoms with Crippen molar-refractivity contribution in [2.45, 2.75) is 64.5 Å². The van der Waals surface area contributed by atoms with Crippen molar-refractivity contribution in [2.24, 2.45) is 5.92 Å². The van der Waals surface area contributed by atoms with Crippen molar-refractivity contribution >= 4 is 29.1 Å². The van der Waals surface area contributed by atoms with Gasteiger partial charge in [0.15, 0.2) is 0 Å². The molecule has 4 rings (SSSR count). The number of halogens is 2. The summed E-state index contributed by atoms with van der Waals surface area (Å²) in [6.45, 7) is 8.07. The summed E-state index contributed by atoms with van der Waals surface area (Å²) >= 11 is 12.6. The van der Waals surface area contributed by atoms with Crippen LogP contribution >= 0.6 is 23.2 Å². The number of piperidine rings is 1. The molecule has 1 aliphatic rings. The van der Waals surface area contributed by atoms with Gasteiger partial charge in [0.2, 0.25) is 5.91 Å². The Kier molecular flexibility index (Phi) is 10.9. The maximum absolute atomic E-state index is 12.9. The van der Waals surface area contributed by atoms with Gasteiger partial charge in [-0.1, -0.05) is 71.7 Å². The van der Waals surface area contributed by atoms with E-state index in [2.05, 4.69) is 42.7 Å². The van der Waals surface area contributed by atoms with Gasteiger partial charge in [0.05, 0.1) is 42.7 Å². The minimum atomic E-state index is 0.0124. The Morgan fingerprint density at radius 1 is 0.950 bits per heavy atom. The molecular formula is C34H43Cl2N2O2+. The summed E-state index contributed by atoms with van der Waals surface area (Å²) < 4.78 is 6.90. The van der Waals surface area contributed by atoms with Gasteiger partial charge >= 0.3 is 0 Å². The molecule has 0 bridgehead atoms. The molecule has 0 spiro atoms. The Morgan fingerprint density at radius 3 is 2.38 bits per heavy atom. The van der Waals surface area contributed by atoms with E-state index in [-0.39, 0.29) is 17.9 Å². The normalized spacial score (nSPS) is 19.8. The van der Waals surface area contributed by atoms with E-state index < -0.39 is 0 Å². The molecule has 0 aromatic heterocycles. The van der Waals surface area contributed by atoms with Crippen LogP contribution in [0.3, 0.4) is 0 Å². The first kappa shape index (κ1) is 30.4. The predicted octanol–water partition coefficient (Wildman–Crippen LogP) is 8.06. The molecule has 4 nitrogen and oxygen atoms in total. The van der Waals surface area contributed by atoms with Crippen molar-refractivity contribution in [3.63, 3.8) is 0 Å². The van der Waals surface area contributed by atoms with Crippen LogP contribution in [0.15, 0.2) is 72.8 Å². The molecule has 1 fully saturated rings. The van der Waals surface area contributed by atoms with Gasteiger partial charge in [-0.05, 0) is 80.8 Å². The van der Waals surface area contributed by atoms with Crippen LogP contribution in [-0.2, 0) is 17.8 Å². The van der Waals surface area contributed by atoms with E-state index in [1.807, 2.05) is 56.3 Å². The second-order valence-corrected chi connectivity index (χ2v) is 12.7. The lowest BCUT2D eigenvalue weighted by Crippen LogP contribution is -2.49. The van der Waals surface area contributed by atoms with Gasteiger partial charge in [-0.25, -0.2) is 0 Å². The zero-order valence-corrected chi connectivity index (χ0v) is 25.6. The smallest absolute Gasteiger partial charge is 0.224 e. The lowest BCUT2D eigenvalue weighted by molar-refractivity contribution is -0.928. The lowest BCUT2D eigenvalue weighted by atomic mass is 9.85. The van der Waals surface area contributed by atoms with E-state index in [4.69, 9.17) is 27.9 Å². The molecule has 0 aliphatic carbocycles. The predicted molar refractivity (Wildman–Crippen MR) is 166 cm³/mol. The van der Waals surface area contributed by atoms with Gasteiger partial charge in [-0.2, -0.15) is 0 Å². The average molecular weight is 583 g/mol. The van der Waals surface area contributed by atoms with Gasteiger partial charge < -0.3 is 14.5 Å². The maximum Gasteiger partial charge on any atom is 0.224 e. The summed E-state index contributed by atoms with van der Waals surface area (Å²) in [7, 11) is 2.39. The first-order valence-electron chi connectivity index (χ1n) is 14.5. The number of hydrogen-bond acceptors (Lipinski definition) is 2. The van der Waals surface area contributed by atoms with Gasteiger partial charge in [0, 0.05) is 18.0 Å². The molecule has 1 aliphatic heterocycles. The van der Waals surface area contributed by atoms with Gasteiger partial charge in [0.25, 0.3) is 0 Å². The largest absolute Gasteiger partial charge is 0.491 e. The monoisotopic (exact) mass is 581 g/mol. The molecule has 3 aromatic rings. The topological polar surface area (TPSA) is 38.3 Å². The van der Waals surface area contributed by atoms with E-state index in [9.17, 15) is 4.79 Å². The minimum absolute atomic E-state index is 0.0124. The Balaban J connectivity index is 1.33. The molecule has 214 valence electrons. The van der Waals surface area contributed by atoms with Crippen LogP contribution in [0, 0.1) is 5.92 Å². The number of rotatable bonds is 12. The van der Waals surface area contributed by atoms with Crippen LogP contribution in [-0.4, -0.2) is 43.2 Å². The third-order valence-corrected chi connectivity index (χ3v) is 8.82. The molecule has 6 heteroatoms. The number of benzene rings is 3. The number of likely N-dealkylation sites (tertiary alicyclic amines) is 1. The highest BCUT2D eigenvalue weighted by Crippen LogP contribution is 2.33. The van der Waals surface area contributed by atoms with Crippen molar-refractivity contribution in [3.8, 4) is 5.75 Å². The molecule has 1 atom stereocenters. The van der Waals surface area contributed by atoms with Crippen molar-refractivity contribution in [1.29, 1.82) is 0 Å². The summed E-state index contributed by atoms with van der Waals surface area (Å²) in [5.74, 6) is 1.69. The standard InChI is InChI=1S/C34H42Cl2N2O2/c1-25(2)40-31-11-7-10-28(20-31)21-34(39)37-23-30(29-14-15-32(35)33(36)22-29)13-12-26-16-18-38(3,19-17-26)24-27-8-5-4-6-9-27/h4-11,14-15,20,22,25-26,30H,12-13,16-19,21,23-24H2,1-3H3/p+1. The van der Waals surface area contributed by atoms with Crippen LogP contribution in [0.2, 0.25) is 10.0 Å². The number of ether oxygens (including phenoxy) is 1. The molecule has 1 amide bonds. The summed E-state index contributed by atoms with van der Waals surface area (Å²) in [6.07, 6.45) is 5.03. The fourth-order valence-electron chi connectivity index (χ4n) is 5.79. The van der Waals surface area contributed by atoms with Crippen molar-refractivity contribution in [3.05, 3.63) is 99.5 Å². The molecule has 40 heavy (non-hydrogen) atoms. The number of amides is 1. The Morgan fingerprint density at radius 2 is 1.68 bits per heavy atom. The third-order valence-electron chi connectivity index (χ3n) is 8.08. The van der Waals surface area contributed by atoms with E-state index >= 15 is 0 Å². The minimum Gasteiger partial charge on any atom is -0.491 e. The SMILES string of the molecule is CC(C)Oc1cccc(CC(=O)NCC(CCC2CC[N+](C)(Cc3ccccc3)CC2)c2ccc(Cl)c(Cl)c2)c1. The molecule has 1 saturated heterocycles. The van der Waals surface area contributed by atoms with Crippen LogP contribution in [0.1, 0.15) is 62.1 Å². The zero-order valence-electron chi connectivity index (χ0n) is 24.0. The van der Waals surface area contributed by atoms with Crippen molar-refractivity contribution < 1.29 is 14.0 Å². The lowest BCUT2D eigenvalue weighted by Gasteiger charge is -2.41. The molecule has 1 unspecified atom stereocenters. The van der Waals surface area contributed by atoms with E-state index in [1.54, 1.807) is 0 Å². The summed E-state index contributed by atoms with van der Waals surface area (Å²) in [5.41, 5.74) is 3.49. The second-order valence-electron chi connectivity index (χ2n) is 11.9. The number of carbonyl (C=O) groups excluding carboxylic acids is 1. The van der Waals surface area contributed by atoms with Crippen LogP contribution in [0.4, 0.5) is 0 Å².